The van der Waals surface area contributed by atoms with E-state index in [4.69, 9.17) is 0 Å². The molecule has 0 unspecified atom stereocenters. The SMILES string of the molecule is CS(=O)(=O)c1cccc(NC(=O)N2CCCCCC2)c1. The van der Waals surface area contributed by atoms with Crippen LogP contribution in [0.15, 0.2) is 29.2 Å². The Morgan fingerprint density at radius 1 is 1.15 bits per heavy atom. The molecule has 1 aliphatic heterocycles. The van der Waals surface area contributed by atoms with E-state index in [1.807, 2.05) is 0 Å². The maximum Gasteiger partial charge on any atom is 0.321 e. The van der Waals surface area contributed by atoms with Gasteiger partial charge in [0.15, 0.2) is 9.84 Å². The first kappa shape index (κ1) is 14.8. The number of hydrogen-bond donors (Lipinski definition) is 1. The number of amides is 2. The molecular formula is C14H20N2O3S. The molecule has 5 nitrogen and oxygen atoms in total. The Morgan fingerprint density at radius 2 is 1.80 bits per heavy atom. The van der Waals surface area contributed by atoms with E-state index >= 15 is 0 Å². The van der Waals surface area contributed by atoms with Crippen LogP contribution in [0, 0.1) is 0 Å². The second-order valence-corrected chi connectivity index (χ2v) is 7.15. The van der Waals surface area contributed by atoms with Crippen molar-refractivity contribution in [1.82, 2.24) is 4.90 Å². The van der Waals surface area contributed by atoms with Crippen molar-refractivity contribution in [2.24, 2.45) is 0 Å². The fraction of sp³-hybridized carbons (Fsp3) is 0.500. The summed E-state index contributed by atoms with van der Waals surface area (Å²) in [6.45, 7) is 1.52. The number of carbonyl (C=O) groups is 1. The van der Waals surface area contributed by atoms with Crippen molar-refractivity contribution in [2.45, 2.75) is 30.6 Å². The summed E-state index contributed by atoms with van der Waals surface area (Å²) in [5.41, 5.74) is 0.516. The molecule has 2 amide bonds. The molecule has 2 rings (SSSR count). The lowest BCUT2D eigenvalue weighted by atomic mass is 10.2. The number of urea groups is 1. The Labute approximate surface area is 119 Å². The van der Waals surface area contributed by atoms with Gasteiger partial charge in [-0.1, -0.05) is 18.9 Å². The zero-order chi connectivity index (χ0) is 14.6. The second kappa shape index (κ2) is 6.26. The van der Waals surface area contributed by atoms with Gasteiger partial charge in [0.05, 0.1) is 4.90 Å². The van der Waals surface area contributed by atoms with Crippen molar-refractivity contribution in [3.05, 3.63) is 24.3 Å². The highest BCUT2D eigenvalue weighted by molar-refractivity contribution is 7.90. The van der Waals surface area contributed by atoms with Crippen LogP contribution in [0.2, 0.25) is 0 Å². The summed E-state index contributed by atoms with van der Waals surface area (Å²) in [7, 11) is -3.26. The van der Waals surface area contributed by atoms with Crippen LogP contribution in [0.5, 0.6) is 0 Å². The highest BCUT2D eigenvalue weighted by atomic mass is 32.2. The molecule has 1 aromatic carbocycles. The molecule has 0 saturated carbocycles. The van der Waals surface area contributed by atoms with E-state index in [1.54, 1.807) is 17.0 Å². The fourth-order valence-electron chi connectivity index (χ4n) is 2.28. The Kier molecular flexibility index (Phi) is 4.65. The van der Waals surface area contributed by atoms with Gasteiger partial charge in [-0.05, 0) is 31.0 Å². The zero-order valence-corrected chi connectivity index (χ0v) is 12.4. The number of benzene rings is 1. The van der Waals surface area contributed by atoms with E-state index < -0.39 is 9.84 Å². The number of rotatable bonds is 2. The van der Waals surface area contributed by atoms with Gasteiger partial charge in [-0.3, -0.25) is 0 Å². The molecule has 1 aliphatic rings. The molecule has 0 aromatic heterocycles. The maximum absolute atomic E-state index is 12.1. The number of nitrogens with one attached hydrogen (secondary N) is 1. The predicted molar refractivity (Wildman–Crippen MR) is 78.6 cm³/mol. The van der Waals surface area contributed by atoms with Crippen molar-refractivity contribution in [1.29, 1.82) is 0 Å². The van der Waals surface area contributed by atoms with E-state index in [1.165, 1.54) is 12.1 Å². The van der Waals surface area contributed by atoms with Crippen LogP contribution in [-0.4, -0.2) is 38.7 Å². The third-order valence-electron chi connectivity index (χ3n) is 3.41. The van der Waals surface area contributed by atoms with Crippen LogP contribution in [0.1, 0.15) is 25.7 Å². The summed E-state index contributed by atoms with van der Waals surface area (Å²) in [5, 5.41) is 2.77. The van der Waals surface area contributed by atoms with E-state index in [9.17, 15) is 13.2 Å². The minimum atomic E-state index is -3.26. The maximum atomic E-state index is 12.1. The highest BCUT2D eigenvalue weighted by Crippen LogP contribution is 2.17. The molecule has 20 heavy (non-hydrogen) atoms. The predicted octanol–water partition coefficient (Wildman–Crippen LogP) is 2.50. The van der Waals surface area contributed by atoms with Gasteiger partial charge >= 0.3 is 6.03 Å². The number of nitrogens with zero attached hydrogens (tertiary/aromatic N) is 1. The molecule has 1 fully saturated rings. The molecule has 0 bridgehead atoms. The molecule has 0 radical (unpaired) electrons. The summed E-state index contributed by atoms with van der Waals surface area (Å²) < 4.78 is 23.0. The molecule has 6 heteroatoms. The number of sulfone groups is 1. The van der Waals surface area contributed by atoms with Crippen molar-refractivity contribution in [2.75, 3.05) is 24.7 Å². The molecule has 1 heterocycles. The van der Waals surface area contributed by atoms with E-state index in [2.05, 4.69) is 5.32 Å². The Bertz CT molecular complexity index is 576. The van der Waals surface area contributed by atoms with Gasteiger partial charge in [-0.15, -0.1) is 0 Å². The van der Waals surface area contributed by atoms with Crippen molar-refractivity contribution in [3.8, 4) is 0 Å². The molecule has 0 atom stereocenters. The standard InChI is InChI=1S/C14H20N2O3S/c1-20(18,19)13-8-6-7-12(11-13)15-14(17)16-9-4-2-3-5-10-16/h6-8,11H,2-5,9-10H2,1H3,(H,15,17). The van der Waals surface area contributed by atoms with Gasteiger partial charge in [0.1, 0.15) is 0 Å². The van der Waals surface area contributed by atoms with Gasteiger partial charge in [-0.2, -0.15) is 0 Å². The lowest BCUT2D eigenvalue weighted by molar-refractivity contribution is 0.214. The van der Waals surface area contributed by atoms with E-state index in [0.29, 0.717) is 5.69 Å². The van der Waals surface area contributed by atoms with Crippen molar-refractivity contribution < 1.29 is 13.2 Å². The van der Waals surface area contributed by atoms with Gasteiger partial charge < -0.3 is 10.2 Å². The molecule has 0 spiro atoms. The van der Waals surface area contributed by atoms with Crippen molar-refractivity contribution in [3.63, 3.8) is 0 Å². The van der Waals surface area contributed by atoms with E-state index in [-0.39, 0.29) is 10.9 Å². The Morgan fingerprint density at radius 3 is 2.40 bits per heavy atom. The Balaban J connectivity index is 2.07. The van der Waals surface area contributed by atoms with Crippen LogP contribution in [0.25, 0.3) is 0 Å². The van der Waals surface area contributed by atoms with Gasteiger partial charge in [0.25, 0.3) is 0 Å². The number of hydrogen-bond acceptors (Lipinski definition) is 3. The quantitative estimate of drug-likeness (QED) is 0.912. The Hall–Kier alpha value is -1.56. The second-order valence-electron chi connectivity index (χ2n) is 5.13. The smallest absolute Gasteiger partial charge is 0.321 e. The van der Waals surface area contributed by atoms with Crippen LogP contribution >= 0.6 is 0 Å². The molecular weight excluding hydrogens is 276 g/mol. The lowest BCUT2D eigenvalue weighted by Crippen LogP contribution is -2.35. The minimum Gasteiger partial charge on any atom is -0.325 e. The first-order chi connectivity index (χ1) is 9.47. The van der Waals surface area contributed by atoms with Gasteiger partial charge in [0.2, 0.25) is 0 Å². The van der Waals surface area contributed by atoms with Gasteiger partial charge in [0, 0.05) is 25.0 Å². The molecule has 1 saturated heterocycles. The number of anilines is 1. The highest BCUT2D eigenvalue weighted by Gasteiger charge is 2.16. The monoisotopic (exact) mass is 296 g/mol. The van der Waals surface area contributed by atoms with Crippen LogP contribution in [-0.2, 0) is 9.84 Å². The first-order valence-corrected chi connectivity index (χ1v) is 8.72. The first-order valence-electron chi connectivity index (χ1n) is 6.83. The summed E-state index contributed by atoms with van der Waals surface area (Å²) in [5.74, 6) is 0. The third kappa shape index (κ3) is 3.96. The fourth-order valence-corrected chi connectivity index (χ4v) is 2.95. The number of likely N-dealkylation sites (tertiary alicyclic amines) is 1. The summed E-state index contributed by atoms with van der Waals surface area (Å²) >= 11 is 0. The summed E-state index contributed by atoms with van der Waals surface area (Å²) in [6, 6.07) is 6.19. The average Bonchev–Trinajstić information content (AvgIpc) is 2.67. The lowest BCUT2D eigenvalue weighted by Gasteiger charge is -2.20. The summed E-state index contributed by atoms with van der Waals surface area (Å²) in [6.07, 6.45) is 5.52. The minimum absolute atomic E-state index is 0.155. The van der Waals surface area contributed by atoms with E-state index in [0.717, 1.165) is 45.0 Å². The molecule has 0 aliphatic carbocycles. The van der Waals surface area contributed by atoms with Crippen LogP contribution < -0.4 is 5.32 Å². The van der Waals surface area contributed by atoms with Gasteiger partial charge in [-0.25, -0.2) is 13.2 Å². The molecule has 1 N–H and O–H groups in total. The molecule has 110 valence electrons. The number of carbonyl (C=O) groups excluding carboxylic acids is 1. The molecule has 1 aromatic rings. The van der Waals surface area contributed by atoms with Crippen LogP contribution in [0.3, 0.4) is 0 Å². The zero-order valence-electron chi connectivity index (χ0n) is 11.6. The average molecular weight is 296 g/mol. The largest absolute Gasteiger partial charge is 0.325 e. The topological polar surface area (TPSA) is 66.5 Å². The summed E-state index contributed by atoms with van der Waals surface area (Å²) in [4.78, 5) is 14.2. The van der Waals surface area contributed by atoms with Crippen molar-refractivity contribution >= 4 is 21.6 Å². The third-order valence-corrected chi connectivity index (χ3v) is 4.52. The van der Waals surface area contributed by atoms with Crippen LogP contribution in [0.4, 0.5) is 10.5 Å². The normalized spacial score (nSPS) is 16.6.